The smallest absolute Gasteiger partial charge is 0.230 e. The maximum atomic E-state index is 11.9. The second-order valence-corrected chi connectivity index (χ2v) is 7.54. The topological polar surface area (TPSA) is 66.9 Å². The number of hydrogen-bond acceptors (Lipinski definition) is 6. The maximum Gasteiger partial charge on any atom is 0.230 e. The average Bonchev–Trinajstić information content (AvgIpc) is 2.94. The third kappa shape index (κ3) is 6.22. The first kappa shape index (κ1) is 16.5. The van der Waals surface area contributed by atoms with Crippen LogP contribution < -0.4 is 10.6 Å². The maximum absolute atomic E-state index is 11.9. The number of anilines is 1. The number of nitrogens with one attached hydrogen (secondary N) is 2. The Labute approximate surface area is 134 Å². The lowest BCUT2D eigenvalue weighted by Crippen LogP contribution is -2.37. The SMILES string of the molecule is CCCCNc1nnc(SCC(=O)NC2CCCCC2)s1. The minimum atomic E-state index is 0.114. The van der Waals surface area contributed by atoms with Crippen molar-refractivity contribution >= 4 is 34.1 Å². The molecular formula is C14H24N4OS2. The predicted molar refractivity (Wildman–Crippen MR) is 89.0 cm³/mol. The highest BCUT2D eigenvalue weighted by Gasteiger charge is 2.16. The lowest BCUT2D eigenvalue weighted by atomic mass is 9.95. The highest BCUT2D eigenvalue weighted by atomic mass is 32.2. The molecule has 1 heterocycles. The minimum absolute atomic E-state index is 0.114. The standard InChI is InChI=1S/C14H24N4OS2/c1-2-3-9-15-13-17-18-14(21-13)20-10-12(19)16-11-7-5-4-6-8-11/h11H,2-10H2,1H3,(H,15,17)(H,16,19). The van der Waals surface area contributed by atoms with Crippen molar-refractivity contribution in [2.75, 3.05) is 17.6 Å². The van der Waals surface area contributed by atoms with Crippen molar-refractivity contribution < 1.29 is 4.79 Å². The fourth-order valence-electron chi connectivity index (χ4n) is 2.36. The molecule has 21 heavy (non-hydrogen) atoms. The normalized spacial score (nSPS) is 15.9. The van der Waals surface area contributed by atoms with Gasteiger partial charge in [0, 0.05) is 12.6 Å². The Kier molecular flexibility index (Phi) is 7.29. The van der Waals surface area contributed by atoms with Crippen molar-refractivity contribution in [3.05, 3.63) is 0 Å². The van der Waals surface area contributed by atoms with E-state index in [-0.39, 0.29) is 5.91 Å². The molecule has 1 saturated carbocycles. The Bertz CT molecular complexity index is 432. The van der Waals surface area contributed by atoms with Gasteiger partial charge in [0.25, 0.3) is 0 Å². The average molecular weight is 329 g/mol. The van der Waals surface area contributed by atoms with Crippen LogP contribution in [0.15, 0.2) is 4.34 Å². The molecule has 1 aliphatic carbocycles. The van der Waals surface area contributed by atoms with Gasteiger partial charge < -0.3 is 10.6 Å². The van der Waals surface area contributed by atoms with Crippen LogP contribution in [0, 0.1) is 0 Å². The number of aromatic nitrogens is 2. The second kappa shape index (κ2) is 9.25. The first-order valence-corrected chi connectivity index (χ1v) is 9.57. The van der Waals surface area contributed by atoms with Gasteiger partial charge in [0.2, 0.25) is 11.0 Å². The van der Waals surface area contributed by atoms with Gasteiger partial charge in [-0.3, -0.25) is 4.79 Å². The summed E-state index contributed by atoms with van der Waals surface area (Å²) in [5.74, 6) is 0.544. The fourth-order valence-corrected chi connectivity index (χ4v) is 3.94. The largest absolute Gasteiger partial charge is 0.360 e. The summed E-state index contributed by atoms with van der Waals surface area (Å²) >= 11 is 2.99. The first-order valence-electron chi connectivity index (χ1n) is 7.77. The lowest BCUT2D eigenvalue weighted by Gasteiger charge is -2.22. The number of rotatable bonds is 8. The molecule has 0 spiro atoms. The van der Waals surface area contributed by atoms with E-state index < -0.39 is 0 Å². The predicted octanol–water partition coefficient (Wildman–Crippen LogP) is 3.29. The molecule has 1 fully saturated rings. The number of carbonyl (C=O) groups is 1. The van der Waals surface area contributed by atoms with E-state index in [4.69, 9.17) is 0 Å². The summed E-state index contributed by atoms with van der Waals surface area (Å²) in [6.07, 6.45) is 8.32. The van der Waals surface area contributed by atoms with E-state index in [0.717, 1.165) is 41.7 Å². The molecule has 0 atom stereocenters. The van der Waals surface area contributed by atoms with Gasteiger partial charge >= 0.3 is 0 Å². The van der Waals surface area contributed by atoms with Crippen LogP contribution in [0.25, 0.3) is 0 Å². The molecule has 0 saturated heterocycles. The molecule has 1 aromatic rings. The Balaban J connectivity index is 1.66. The molecular weight excluding hydrogens is 304 g/mol. The van der Waals surface area contributed by atoms with E-state index in [2.05, 4.69) is 27.8 Å². The number of hydrogen-bond donors (Lipinski definition) is 2. The van der Waals surface area contributed by atoms with Crippen LogP contribution in [0.5, 0.6) is 0 Å². The van der Waals surface area contributed by atoms with Crippen LogP contribution in [-0.2, 0) is 4.79 Å². The first-order chi connectivity index (χ1) is 10.3. The van der Waals surface area contributed by atoms with E-state index >= 15 is 0 Å². The molecule has 1 aliphatic rings. The van der Waals surface area contributed by atoms with Gasteiger partial charge in [-0.2, -0.15) is 0 Å². The van der Waals surface area contributed by atoms with Crippen molar-refractivity contribution in [1.29, 1.82) is 0 Å². The summed E-state index contributed by atoms with van der Waals surface area (Å²) in [6.45, 7) is 3.09. The van der Waals surface area contributed by atoms with E-state index in [0.29, 0.717) is 11.8 Å². The molecule has 0 aliphatic heterocycles. The number of nitrogens with zero attached hydrogens (tertiary/aromatic N) is 2. The van der Waals surface area contributed by atoms with Gasteiger partial charge in [-0.05, 0) is 19.3 Å². The molecule has 0 bridgehead atoms. The van der Waals surface area contributed by atoms with Gasteiger partial charge in [0.05, 0.1) is 5.75 Å². The Morgan fingerprint density at radius 3 is 2.90 bits per heavy atom. The minimum Gasteiger partial charge on any atom is -0.360 e. The zero-order valence-electron chi connectivity index (χ0n) is 12.6. The highest BCUT2D eigenvalue weighted by Crippen LogP contribution is 2.25. The van der Waals surface area contributed by atoms with Gasteiger partial charge in [0.1, 0.15) is 0 Å². The van der Waals surface area contributed by atoms with E-state index in [9.17, 15) is 4.79 Å². The summed E-state index contributed by atoms with van der Waals surface area (Å²) in [6, 6.07) is 0.382. The van der Waals surface area contributed by atoms with Crippen LogP contribution in [0.3, 0.4) is 0 Å². The molecule has 0 radical (unpaired) electrons. The summed E-state index contributed by atoms with van der Waals surface area (Å²) in [5.41, 5.74) is 0. The molecule has 5 nitrogen and oxygen atoms in total. The number of amides is 1. The third-order valence-electron chi connectivity index (χ3n) is 3.51. The van der Waals surface area contributed by atoms with Crippen molar-refractivity contribution in [3.63, 3.8) is 0 Å². The quantitative estimate of drug-likeness (QED) is 0.566. The molecule has 2 rings (SSSR count). The zero-order chi connectivity index (χ0) is 14.9. The Hall–Kier alpha value is -0.820. The number of carbonyl (C=O) groups excluding carboxylic acids is 1. The van der Waals surface area contributed by atoms with Crippen molar-refractivity contribution in [2.45, 2.75) is 62.3 Å². The summed E-state index contributed by atoms with van der Waals surface area (Å²) in [7, 11) is 0. The third-order valence-corrected chi connectivity index (χ3v) is 5.52. The van der Waals surface area contributed by atoms with Crippen LogP contribution in [0.2, 0.25) is 0 Å². The van der Waals surface area contributed by atoms with Crippen molar-refractivity contribution in [2.24, 2.45) is 0 Å². The van der Waals surface area contributed by atoms with Gasteiger partial charge in [0.15, 0.2) is 4.34 Å². The monoisotopic (exact) mass is 328 g/mol. The van der Waals surface area contributed by atoms with Gasteiger partial charge in [-0.1, -0.05) is 55.7 Å². The van der Waals surface area contributed by atoms with Crippen molar-refractivity contribution in [1.82, 2.24) is 15.5 Å². The molecule has 7 heteroatoms. The number of thioether (sulfide) groups is 1. The summed E-state index contributed by atoms with van der Waals surface area (Å²) in [5, 5.41) is 15.4. The van der Waals surface area contributed by atoms with Crippen LogP contribution in [0.4, 0.5) is 5.13 Å². The molecule has 1 amide bonds. The van der Waals surface area contributed by atoms with Crippen LogP contribution in [0.1, 0.15) is 51.9 Å². The molecule has 2 N–H and O–H groups in total. The molecule has 0 aromatic carbocycles. The number of unbranched alkanes of at least 4 members (excludes halogenated alkanes) is 1. The fraction of sp³-hybridized carbons (Fsp3) is 0.786. The van der Waals surface area contributed by atoms with E-state index in [1.807, 2.05) is 0 Å². The van der Waals surface area contributed by atoms with E-state index in [1.54, 1.807) is 0 Å². The summed E-state index contributed by atoms with van der Waals surface area (Å²) < 4.78 is 0.854. The Morgan fingerprint density at radius 1 is 1.33 bits per heavy atom. The second-order valence-electron chi connectivity index (χ2n) is 5.34. The zero-order valence-corrected chi connectivity index (χ0v) is 14.2. The van der Waals surface area contributed by atoms with Gasteiger partial charge in [-0.15, -0.1) is 10.2 Å². The van der Waals surface area contributed by atoms with Gasteiger partial charge in [-0.25, -0.2) is 0 Å². The molecule has 118 valence electrons. The lowest BCUT2D eigenvalue weighted by molar-refractivity contribution is -0.119. The molecule has 1 aromatic heterocycles. The molecule has 0 unspecified atom stereocenters. The van der Waals surface area contributed by atoms with Crippen LogP contribution in [-0.4, -0.2) is 34.4 Å². The highest BCUT2D eigenvalue weighted by molar-refractivity contribution is 8.01. The Morgan fingerprint density at radius 2 is 2.14 bits per heavy atom. The summed E-state index contributed by atoms with van der Waals surface area (Å²) in [4.78, 5) is 11.9. The van der Waals surface area contributed by atoms with E-state index in [1.165, 1.54) is 42.4 Å². The van der Waals surface area contributed by atoms with Crippen LogP contribution >= 0.6 is 23.1 Å². The van der Waals surface area contributed by atoms with Crippen molar-refractivity contribution in [3.8, 4) is 0 Å².